The standard InChI is InChI=1S/C24H37F3N4O4/c1-16-15-33-11-10-30(16)17-12-19(28-20(13-17)34-22(2,3)4)31-9-8-29(14-18(31)24(25,26)27)21(32)35-23(5,6)7/h12-13,16,18H,8-11,14-15H2,1-7H3/t16-,18?/m1/s1. The molecular weight excluding hydrogens is 465 g/mol. The topological polar surface area (TPSA) is 67.4 Å². The number of alkyl halides is 3. The van der Waals surface area contributed by atoms with Crippen LogP contribution in [0.2, 0.25) is 0 Å². The Morgan fingerprint density at radius 2 is 1.71 bits per heavy atom. The molecule has 2 saturated heterocycles. The lowest BCUT2D eigenvalue weighted by atomic mass is 10.1. The number of amides is 1. The van der Waals surface area contributed by atoms with Gasteiger partial charge < -0.3 is 28.9 Å². The summed E-state index contributed by atoms with van der Waals surface area (Å²) >= 11 is 0. The van der Waals surface area contributed by atoms with E-state index in [0.717, 1.165) is 10.6 Å². The summed E-state index contributed by atoms with van der Waals surface area (Å²) in [6, 6.07) is 1.54. The summed E-state index contributed by atoms with van der Waals surface area (Å²) in [7, 11) is 0. The van der Waals surface area contributed by atoms with E-state index in [0.29, 0.717) is 19.8 Å². The van der Waals surface area contributed by atoms with Gasteiger partial charge in [-0.05, 0) is 48.5 Å². The molecule has 0 radical (unpaired) electrons. The van der Waals surface area contributed by atoms with Crippen LogP contribution in [0.4, 0.5) is 29.5 Å². The predicted octanol–water partition coefficient (Wildman–Crippen LogP) is 4.47. The fraction of sp³-hybridized carbons (Fsp3) is 0.750. The number of carbonyl (C=O) groups is 1. The van der Waals surface area contributed by atoms with Crippen LogP contribution in [0.5, 0.6) is 5.88 Å². The van der Waals surface area contributed by atoms with Crippen molar-refractivity contribution in [3.63, 3.8) is 0 Å². The summed E-state index contributed by atoms with van der Waals surface area (Å²) in [5.74, 6) is 0.408. The Labute approximate surface area is 205 Å². The first kappa shape index (κ1) is 27.2. The van der Waals surface area contributed by atoms with E-state index >= 15 is 0 Å². The molecule has 1 amide bonds. The average Bonchev–Trinajstić information content (AvgIpc) is 2.70. The largest absolute Gasteiger partial charge is 0.472 e. The van der Waals surface area contributed by atoms with Gasteiger partial charge in [-0.1, -0.05) is 0 Å². The number of pyridine rings is 1. The Morgan fingerprint density at radius 3 is 2.29 bits per heavy atom. The number of aromatic nitrogens is 1. The zero-order valence-corrected chi connectivity index (χ0v) is 21.6. The lowest BCUT2D eigenvalue weighted by Crippen LogP contribution is -2.61. The highest BCUT2D eigenvalue weighted by Crippen LogP contribution is 2.35. The maximum atomic E-state index is 14.2. The molecule has 198 valence electrons. The van der Waals surface area contributed by atoms with E-state index in [1.165, 1.54) is 4.90 Å². The van der Waals surface area contributed by atoms with Crippen molar-refractivity contribution < 1.29 is 32.2 Å². The third-order valence-electron chi connectivity index (χ3n) is 5.59. The van der Waals surface area contributed by atoms with Crippen molar-refractivity contribution in [2.24, 2.45) is 0 Å². The van der Waals surface area contributed by atoms with Gasteiger partial charge in [0.05, 0.1) is 19.8 Å². The molecule has 0 N–H and O–H groups in total. The Morgan fingerprint density at radius 1 is 1.03 bits per heavy atom. The van der Waals surface area contributed by atoms with Crippen LogP contribution in [0.15, 0.2) is 12.1 Å². The van der Waals surface area contributed by atoms with Crippen molar-refractivity contribution in [1.82, 2.24) is 9.88 Å². The van der Waals surface area contributed by atoms with Gasteiger partial charge in [-0.3, -0.25) is 0 Å². The van der Waals surface area contributed by atoms with E-state index in [4.69, 9.17) is 14.2 Å². The van der Waals surface area contributed by atoms with Crippen molar-refractivity contribution >= 4 is 17.6 Å². The monoisotopic (exact) mass is 502 g/mol. The second kappa shape index (κ2) is 9.91. The molecule has 35 heavy (non-hydrogen) atoms. The van der Waals surface area contributed by atoms with Gasteiger partial charge in [-0.2, -0.15) is 18.2 Å². The fourth-order valence-electron chi connectivity index (χ4n) is 4.10. The highest BCUT2D eigenvalue weighted by molar-refractivity contribution is 5.69. The van der Waals surface area contributed by atoms with E-state index in [1.807, 2.05) is 27.7 Å². The number of ether oxygens (including phenoxy) is 3. The van der Waals surface area contributed by atoms with Gasteiger partial charge in [0.2, 0.25) is 5.88 Å². The molecule has 3 heterocycles. The highest BCUT2D eigenvalue weighted by Gasteiger charge is 2.48. The van der Waals surface area contributed by atoms with Gasteiger partial charge >= 0.3 is 12.3 Å². The second-order valence-corrected chi connectivity index (χ2v) is 11.0. The summed E-state index contributed by atoms with van der Waals surface area (Å²) in [5.41, 5.74) is -0.662. The molecule has 2 fully saturated rings. The van der Waals surface area contributed by atoms with E-state index in [1.54, 1.807) is 32.9 Å². The Kier molecular flexibility index (Phi) is 7.69. The molecule has 0 aliphatic carbocycles. The molecule has 11 heteroatoms. The third kappa shape index (κ3) is 7.28. The molecule has 0 bridgehead atoms. The van der Waals surface area contributed by atoms with Gasteiger partial charge in [-0.25, -0.2) is 4.79 Å². The smallest absolute Gasteiger partial charge is 0.410 e. The molecule has 2 aliphatic heterocycles. The molecule has 8 nitrogen and oxygen atoms in total. The third-order valence-corrected chi connectivity index (χ3v) is 5.59. The lowest BCUT2D eigenvalue weighted by molar-refractivity contribution is -0.155. The second-order valence-electron chi connectivity index (χ2n) is 11.0. The SMILES string of the molecule is C[C@@H]1COCCN1c1cc(OC(C)(C)C)nc(N2CCN(C(=O)OC(C)(C)C)CC2C(F)(F)F)c1. The molecule has 2 aliphatic rings. The molecular formula is C24H37F3N4O4. The van der Waals surface area contributed by atoms with Crippen LogP contribution in [0.1, 0.15) is 48.5 Å². The number of rotatable bonds is 3. The van der Waals surface area contributed by atoms with Crippen LogP contribution >= 0.6 is 0 Å². The Bertz CT molecular complexity index is 898. The van der Waals surface area contributed by atoms with Gasteiger partial charge in [0.1, 0.15) is 23.1 Å². The highest BCUT2D eigenvalue weighted by atomic mass is 19.4. The number of piperazine rings is 1. The van der Waals surface area contributed by atoms with Crippen LogP contribution in [0, 0.1) is 0 Å². The normalized spacial score (nSPS) is 22.3. The molecule has 0 aromatic carbocycles. The Hall–Kier alpha value is -2.43. The molecule has 3 rings (SSSR count). The molecule has 1 aromatic heterocycles. The molecule has 0 spiro atoms. The van der Waals surface area contributed by atoms with E-state index in [9.17, 15) is 18.0 Å². The predicted molar refractivity (Wildman–Crippen MR) is 127 cm³/mol. The number of hydrogen-bond acceptors (Lipinski definition) is 7. The van der Waals surface area contributed by atoms with Gasteiger partial charge in [0, 0.05) is 43.5 Å². The van der Waals surface area contributed by atoms with Gasteiger partial charge in [0.15, 0.2) is 0 Å². The van der Waals surface area contributed by atoms with Crippen molar-refractivity contribution in [2.75, 3.05) is 49.2 Å². The molecule has 1 unspecified atom stereocenters. The van der Waals surface area contributed by atoms with Crippen LogP contribution in [0.3, 0.4) is 0 Å². The van der Waals surface area contributed by atoms with Crippen LogP contribution in [-0.4, -0.2) is 84.8 Å². The maximum absolute atomic E-state index is 14.2. The maximum Gasteiger partial charge on any atom is 0.410 e. The van der Waals surface area contributed by atoms with E-state index in [2.05, 4.69) is 9.88 Å². The average molecular weight is 503 g/mol. The Balaban J connectivity index is 1.96. The quantitative estimate of drug-likeness (QED) is 0.604. The fourth-order valence-corrected chi connectivity index (χ4v) is 4.10. The lowest BCUT2D eigenvalue weighted by Gasteiger charge is -2.43. The van der Waals surface area contributed by atoms with Crippen molar-refractivity contribution in [3.05, 3.63) is 12.1 Å². The van der Waals surface area contributed by atoms with E-state index in [-0.39, 0.29) is 30.8 Å². The summed E-state index contributed by atoms with van der Waals surface area (Å²) in [4.78, 5) is 21.4. The number of halogens is 3. The van der Waals surface area contributed by atoms with Crippen molar-refractivity contribution in [2.45, 2.75) is 77.9 Å². The first-order valence-electron chi connectivity index (χ1n) is 11.9. The number of hydrogen-bond donors (Lipinski definition) is 0. The van der Waals surface area contributed by atoms with Crippen molar-refractivity contribution in [1.29, 1.82) is 0 Å². The molecule has 2 atom stereocenters. The minimum Gasteiger partial charge on any atom is -0.472 e. The number of nitrogens with zero attached hydrogens (tertiary/aromatic N) is 4. The summed E-state index contributed by atoms with van der Waals surface area (Å²) in [5, 5.41) is 0. The summed E-state index contributed by atoms with van der Waals surface area (Å²) in [6.07, 6.45) is -5.35. The zero-order valence-electron chi connectivity index (χ0n) is 21.6. The van der Waals surface area contributed by atoms with Gasteiger partial charge in [0.25, 0.3) is 0 Å². The molecule has 1 aromatic rings. The zero-order chi connectivity index (χ0) is 26.2. The molecule has 0 saturated carbocycles. The summed E-state index contributed by atoms with van der Waals surface area (Å²) in [6.45, 7) is 13.8. The summed E-state index contributed by atoms with van der Waals surface area (Å²) < 4.78 is 59.5. The minimum absolute atomic E-state index is 0.0453. The van der Waals surface area contributed by atoms with Crippen LogP contribution in [0.25, 0.3) is 0 Å². The van der Waals surface area contributed by atoms with Crippen molar-refractivity contribution in [3.8, 4) is 5.88 Å². The first-order valence-corrected chi connectivity index (χ1v) is 11.9. The van der Waals surface area contributed by atoms with Crippen LogP contribution < -0.4 is 14.5 Å². The first-order chi connectivity index (χ1) is 16.0. The number of morpholine rings is 1. The van der Waals surface area contributed by atoms with Crippen LogP contribution in [-0.2, 0) is 9.47 Å². The number of anilines is 2. The number of carbonyl (C=O) groups excluding carboxylic acids is 1. The van der Waals surface area contributed by atoms with E-state index < -0.39 is 36.1 Å². The minimum atomic E-state index is -4.59. The van der Waals surface area contributed by atoms with Gasteiger partial charge in [-0.15, -0.1) is 0 Å².